The van der Waals surface area contributed by atoms with E-state index in [0.717, 1.165) is 39.0 Å². The van der Waals surface area contributed by atoms with Crippen LogP contribution in [0.5, 0.6) is 11.5 Å². The number of nitrogens with zero attached hydrogens (tertiary/aromatic N) is 1. The topological polar surface area (TPSA) is 54.6 Å². The maximum absolute atomic E-state index is 9.47. The van der Waals surface area contributed by atoms with Crippen LogP contribution in [-0.2, 0) is 0 Å². The zero-order valence-electron chi connectivity index (χ0n) is 12.1. The lowest BCUT2D eigenvalue weighted by atomic mass is 9.80. The molecule has 4 aromatic rings. The fourth-order valence-corrected chi connectivity index (χ4v) is 3.39. The molecule has 1 aromatic heterocycles. The average molecular weight is 301 g/mol. The van der Waals surface area contributed by atoms with Gasteiger partial charge in [0.25, 0.3) is 0 Å². The maximum Gasteiger partial charge on any atom is 0.488 e. The molecule has 2 N–H and O–H groups in total. The van der Waals surface area contributed by atoms with Gasteiger partial charge in [-0.1, -0.05) is 36.4 Å². The Hall–Kier alpha value is -2.76. The molecule has 0 saturated carbocycles. The van der Waals surface area contributed by atoms with Crippen LogP contribution in [0.15, 0.2) is 60.7 Å². The van der Waals surface area contributed by atoms with Gasteiger partial charge in [0.2, 0.25) is 0 Å². The summed E-state index contributed by atoms with van der Waals surface area (Å²) in [5.41, 5.74) is 3.50. The monoisotopic (exact) mass is 301 g/mol. The van der Waals surface area contributed by atoms with Gasteiger partial charge in [0.15, 0.2) is 11.5 Å². The average Bonchev–Trinajstić information content (AvgIpc) is 2.91. The number of rotatable bonds is 1. The lowest BCUT2D eigenvalue weighted by molar-refractivity contribution is 0.426. The van der Waals surface area contributed by atoms with E-state index in [9.17, 15) is 10.0 Å². The fraction of sp³-hybridized carbons (Fsp3) is 0. The van der Waals surface area contributed by atoms with Crippen molar-refractivity contribution in [3.63, 3.8) is 0 Å². The molecule has 4 nitrogen and oxygen atoms in total. The first-order valence-corrected chi connectivity index (χ1v) is 7.44. The third kappa shape index (κ3) is 1.63. The zero-order chi connectivity index (χ0) is 15.6. The van der Waals surface area contributed by atoms with Gasteiger partial charge in [0, 0.05) is 10.8 Å². The number of para-hydroxylation sites is 3. The number of ether oxygens (including phenoxy) is 1. The van der Waals surface area contributed by atoms with Crippen LogP contribution in [0.4, 0.5) is 0 Å². The van der Waals surface area contributed by atoms with Crippen LogP contribution >= 0.6 is 0 Å². The summed E-state index contributed by atoms with van der Waals surface area (Å²) in [6.45, 7) is 0. The molecule has 0 spiro atoms. The molecule has 0 radical (unpaired) electrons. The highest BCUT2D eigenvalue weighted by molar-refractivity contribution is 6.59. The van der Waals surface area contributed by atoms with Crippen molar-refractivity contribution in [2.24, 2.45) is 0 Å². The van der Waals surface area contributed by atoms with Crippen molar-refractivity contribution in [3.8, 4) is 17.2 Å². The van der Waals surface area contributed by atoms with Crippen molar-refractivity contribution in [2.75, 3.05) is 0 Å². The first-order chi connectivity index (χ1) is 11.2. The molecule has 0 saturated heterocycles. The van der Waals surface area contributed by atoms with E-state index < -0.39 is 7.12 Å². The molecule has 3 aromatic carbocycles. The summed E-state index contributed by atoms with van der Waals surface area (Å²) >= 11 is 0. The molecule has 0 bridgehead atoms. The van der Waals surface area contributed by atoms with Crippen LogP contribution in [0.2, 0.25) is 0 Å². The minimum atomic E-state index is -1.48. The van der Waals surface area contributed by atoms with Crippen LogP contribution < -0.4 is 10.2 Å². The first kappa shape index (κ1) is 12.8. The predicted molar refractivity (Wildman–Crippen MR) is 90.7 cm³/mol. The quantitative estimate of drug-likeness (QED) is 0.468. The van der Waals surface area contributed by atoms with Crippen LogP contribution in [0.3, 0.4) is 0 Å². The van der Waals surface area contributed by atoms with E-state index >= 15 is 0 Å². The number of aromatic nitrogens is 1. The van der Waals surface area contributed by atoms with Gasteiger partial charge in [0.05, 0.1) is 16.7 Å². The molecule has 5 heteroatoms. The summed E-state index contributed by atoms with van der Waals surface area (Å²) in [6, 6.07) is 19.4. The third-order valence-electron chi connectivity index (χ3n) is 4.40. The molecule has 1 aliphatic heterocycles. The summed E-state index contributed by atoms with van der Waals surface area (Å²) < 4.78 is 8.21. The number of fused-ring (bicyclic) bond motifs is 5. The smallest absolute Gasteiger partial charge is 0.453 e. The molecule has 1 aliphatic rings. The molecule has 0 unspecified atom stereocenters. The van der Waals surface area contributed by atoms with Crippen molar-refractivity contribution < 1.29 is 14.8 Å². The lowest BCUT2D eigenvalue weighted by Gasteiger charge is -2.20. The van der Waals surface area contributed by atoms with Crippen LogP contribution in [0, 0.1) is 0 Å². The van der Waals surface area contributed by atoms with Crippen molar-refractivity contribution in [3.05, 3.63) is 60.7 Å². The zero-order valence-corrected chi connectivity index (χ0v) is 12.1. The highest BCUT2D eigenvalue weighted by Crippen LogP contribution is 2.44. The third-order valence-corrected chi connectivity index (χ3v) is 4.40. The Morgan fingerprint density at radius 2 is 1.65 bits per heavy atom. The van der Waals surface area contributed by atoms with Crippen molar-refractivity contribution >= 4 is 34.4 Å². The van der Waals surface area contributed by atoms with Gasteiger partial charge in [0.1, 0.15) is 0 Å². The van der Waals surface area contributed by atoms with Crippen molar-refractivity contribution in [1.82, 2.24) is 4.57 Å². The lowest BCUT2D eigenvalue weighted by Crippen LogP contribution is -2.29. The Morgan fingerprint density at radius 3 is 2.52 bits per heavy atom. The second-order valence-electron chi connectivity index (χ2n) is 5.71. The summed E-state index contributed by atoms with van der Waals surface area (Å²) in [7, 11) is -1.48. The van der Waals surface area contributed by atoms with E-state index in [1.165, 1.54) is 0 Å². The van der Waals surface area contributed by atoms with Gasteiger partial charge in [-0.2, -0.15) is 0 Å². The summed E-state index contributed by atoms with van der Waals surface area (Å²) in [4.78, 5) is 0. The van der Waals surface area contributed by atoms with E-state index in [1.54, 1.807) is 6.07 Å². The van der Waals surface area contributed by atoms with Crippen molar-refractivity contribution in [1.29, 1.82) is 0 Å². The molecular weight excluding hydrogens is 289 g/mol. The van der Waals surface area contributed by atoms with E-state index in [4.69, 9.17) is 4.74 Å². The Bertz CT molecular complexity index is 1080. The van der Waals surface area contributed by atoms with Gasteiger partial charge < -0.3 is 19.4 Å². The largest absolute Gasteiger partial charge is 0.488 e. The standard InChI is InChI=1S/C18H12BNO3/c21-19(22)11-8-9-14-13(10-11)12-4-3-7-17-18(12)20(14)15-5-1-2-6-16(15)23-17/h1-10,21-22H. The Morgan fingerprint density at radius 1 is 0.826 bits per heavy atom. The second-order valence-corrected chi connectivity index (χ2v) is 5.71. The normalized spacial score (nSPS) is 12.3. The molecule has 2 heterocycles. The van der Waals surface area contributed by atoms with E-state index in [1.807, 2.05) is 54.6 Å². The number of hydrogen-bond donors (Lipinski definition) is 2. The van der Waals surface area contributed by atoms with Gasteiger partial charge in [-0.15, -0.1) is 0 Å². The fourth-order valence-electron chi connectivity index (χ4n) is 3.39. The predicted octanol–water partition coefficient (Wildman–Crippen LogP) is 2.57. The second kappa shape index (κ2) is 4.38. The number of benzene rings is 3. The molecule has 0 fully saturated rings. The molecule has 0 aliphatic carbocycles. The molecule has 0 atom stereocenters. The van der Waals surface area contributed by atoms with E-state index in [-0.39, 0.29) is 0 Å². The van der Waals surface area contributed by atoms with Gasteiger partial charge in [-0.25, -0.2) is 0 Å². The first-order valence-electron chi connectivity index (χ1n) is 7.44. The minimum absolute atomic E-state index is 0.482. The highest BCUT2D eigenvalue weighted by atomic mass is 16.5. The maximum atomic E-state index is 9.47. The molecule has 110 valence electrons. The van der Waals surface area contributed by atoms with Crippen LogP contribution in [0.25, 0.3) is 27.5 Å². The molecule has 23 heavy (non-hydrogen) atoms. The van der Waals surface area contributed by atoms with Gasteiger partial charge in [-0.05, 0) is 29.7 Å². The molecule has 0 amide bonds. The summed E-state index contributed by atoms with van der Waals surface area (Å²) in [5, 5.41) is 21.0. The Labute approximate surface area is 132 Å². The van der Waals surface area contributed by atoms with Crippen LogP contribution in [-0.4, -0.2) is 21.7 Å². The highest BCUT2D eigenvalue weighted by Gasteiger charge is 2.24. The SMILES string of the molecule is OB(O)c1ccc2c(c1)c1cccc3c1n2-c1ccccc1O3. The summed E-state index contributed by atoms with van der Waals surface area (Å²) in [6.07, 6.45) is 0. The van der Waals surface area contributed by atoms with Crippen LogP contribution in [0.1, 0.15) is 0 Å². The van der Waals surface area contributed by atoms with Gasteiger partial charge in [-0.3, -0.25) is 0 Å². The number of hydrogen-bond acceptors (Lipinski definition) is 3. The summed E-state index contributed by atoms with van der Waals surface area (Å²) in [5.74, 6) is 1.62. The Kier molecular flexibility index (Phi) is 2.43. The van der Waals surface area contributed by atoms with Crippen molar-refractivity contribution in [2.45, 2.75) is 0 Å². The van der Waals surface area contributed by atoms with E-state index in [0.29, 0.717) is 5.46 Å². The minimum Gasteiger partial charge on any atom is -0.453 e. The Balaban J connectivity index is 2.00. The van der Waals surface area contributed by atoms with E-state index in [2.05, 4.69) is 4.57 Å². The van der Waals surface area contributed by atoms with Gasteiger partial charge >= 0.3 is 7.12 Å². The molecule has 5 rings (SSSR count). The molecular formula is C18H12BNO3.